The van der Waals surface area contributed by atoms with Crippen molar-refractivity contribution in [2.75, 3.05) is 20.1 Å². The molecular weight excluding hydrogens is 214 g/mol. The van der Waals surface area contributed by atoms with Crippen LogP contribution in [0.15, 0.2) is 0 Å². The van der Waals surface area contributed by atoms with Crippen LogP contribution in [-0.4, -0.2) is 30.9 Å². The van der Waals surface area contributed by atoms with E-state index in [2.05, 4.69) is 17.4 Å². The third-order valence-electron chi connectivity index (χ3n) is 3.65. The molecule has 0 bridgehead atoms. The quantitative estimate of drug-likeness (QED) is 0.308. The molecule has 0 radical (unpaired) electrons. The van der Waals surface area contributed by atoms with E-state index in [1.165, 1.54) is 38.6 Å². The zero-order valence-electron chi connectivity index (χ0n) is 11.1. The Morgan fingerprint density at radius 1 is 1.29 bits per heavy atom. The number of nitrogens with two attached hydrogens (primary N) is 1. The van der Waals surface area contributed by atoms with Crippen molar-refractivity contribution in [3.05, 3.63) is 0 Å². The second-order valence-corrected chi connectivity index (χ2v) is 5.29. The lowest BCUT2D eigenvalue weighted by molar-refractivity contribution is -0.121. The number of hydrogen-bond acceptors (Lipinski definition) is 3. The van der Waals surface area contributed by atoms with Crippen LogP contribution in [0.2, 0.25) is 0 Å². The highest BCUT2D eigenvalue weighted by Gasteiger charge is 2.14. The molecule has 4 nitrogen and oxygen atoms in total. The van der Waals surface area contributed by atoms with E-state index in [-0.39, 0.29) is 5.91 Å². The highest BCUT2D eigenvalue weighted by molar-refractivity contribution is 5.75. The van der Waals surface area contributed by atoms with Crippen LogP contribution < -0.4 is 11.3 Å². The van der Waals surface area contributed by atoms with Gasteiger partial charge in [-0.15, -0.1) is 0 Å². The first kappa shape index (κ1) is 14.5. The van der Waals surface area contributed by atoms with Gasteiger partial charge in [0.15, 0.2) is 0 Å². The van der Waals surface area contributed by atoms with Gasteiger partial charge in [0.2, 0.25) is 5.91 Å². The Kier molecular flexibility index (Phi) is 7.21. The number of rotatable bonds is 7. The van der Waals surface area contributed by atoms with Gasteiger partial charge in [-0.1, -0.05) is 19.3 Å². The fourth-order valence-corrected chi connectivity index (χ4v) is 2.64. The van der Waals surface area contributed by atoms with E-state index in [0.717, 1.165) is 25.3 Å². The lowest BCUT2D eigenvalue weighted by atomic mass is 9.89. The van der Waals surface area contributed by atoms with Crippen molar-refractivity contribution in [1.29, 1.82) is 0 Å². The monoisotopic (exact) mass is 241 g/mol. The van der Waals surface area contributed by atoms with Gasteiger partial charge in [-0.25, -0.2) is 5.84 Å². The minimum atomic E-state index is -0.0556. The molecule has 0 aromatic heterocycles. The Morgan fingerprint density at radius 3 is 2.65 bits per heavy atom. The highest BCUT2D eigenvalue weighted by atomic mass is 16.2. The number of nitrogens with one attached hydrogen (secondary N) is 1. The summed E-state index contributed by atoms with van der Waals surface area (Å²) in [5.41, 5.74) is 2.17. The molecule has 0 aromatic rings. The minimum absolute atomic E-state index is 0.0556. The maximum atomic E-state index is 10.9. The maximum absolute atomic E-state index is 10.9. The number of amides is 1. The van der Waals surface area contributed by atoms with Gasteiger partial charge in [-0.2, -0.15) is 0 Å². The zero-order valence-corrected chi connectivity index (χ0v) is 11.1. The first-order chi connectivity index (χ1) is 8.22. The number of hydrazine groups is 1. The van der Waals surface area contributed by atoms with E-state index in [1.807, 2.05) is 0 Å². The molecule has 0 unspecified atom stereocenters. The molecule has 1 rings (SSSR count). The summed E-state index contributed by atoms with van der Waals surface area (Å²) in [6.07, 6.45) is 9.61. The van der Waals surface area contributed by atoms with E-state index >= 15 is 0 Å². The van der Waals surface area contributed by atoms with Gasteiger partial charge in [0.1, 0.15) is 0 Å². The van der Waals surface area contributed by atoms with E-state index < -0.39 is 0 Å². The van der Waals surface area contributed by atoms with E-state index in [0.29, 0.717) is 6.42 Å². The second kappa shape index (κ2) is 8.48. The number of carbonyl (C=O) groups excluding carboxylic acids is 1. The van der Waals surface area contributed by atoms with Crippen LogP contribution in [0.3, 0.4) is 0 Å². The predicted molar refractivity (Wildman–Crippen MR) is 70.3 cm³/mol. The molecule has 0 aromatic carbocycles. The van der Waals surface area contributed by atoms with Crippen LogP contribution in [0.5, 0.6) is 0 Å². The van der Waals surface area contributed by atoms with Crippen LogP contribution in [0.1, 0.15) is 51.4 Å². The molecule has 4 heteroatoms. The number of carbonyl (C=O) groups is 1. The molecule has 1 aliphatic carbocycles. The van der Waals surface area contributed by atoms with Crippen molar-refractivity contribution < 1.29 is 4.79 Å². The topological polar surface area (TPSA) is 58.4 Å². The summed E-state index contributed by atoms with van der Waals surface area (Å²) in [4.78, 5) is 13.3. The van der Waals surface area contributed by atoms with Crippen LogP contribution in [0.4, 0.5) is 0 Å². The first-order valence-corrected chi connectivity index (χ1v) is 6.90. The summed E-state index contributed by atoms with van der Waals surface area (Å²) in [7, 11) is 2.19. The van der Waals surface area contributed by atoms with Crippen molar-refractivity contribution in [1.82, 2.24) is 10.3 Å². The van der Waals surface area contributed by atoms with Gasteiger partial charge < -0.3 is 4.90 Å². The Hall–Kier alpha value is -0.610. The van der Waals surface area contributed by atoms with E-state index in [9.17, 15) is 4.79 Å². The first-order valence-electron chi connectivity index (χ1n) is 6.90. The summed E-state index contributed by atoms with van der Waals surface area (Å²) < 4.78 is 0. The van der Waals surface area contributed by atoms with Gasteiger partial charge in [0.05, 0.1) is 0 Å². The number of nitrogens with zero attached hydrogens (tertiary/aromatic N) is 1. The molecule has 1 fully saturated rings. The fraction of sp³-hybridized carbons (Fsp3) is 0.923. The molecule has 100 valence electrons. The molecular formula is C13H27N3O. The lowest BCUT2D eigenvalue weighted by Gasteiger charge is -2.26. The minimum Gasteiger partial charge on any atom is -0.306 e. The smallest absolute Gasteiger partial charge is 0.233 e. The van der Waals surface area contributed by atoms with Crippen LogP contribution >= 0.6 is 0 Å². The average Bonchev–Trinajstić information content (AvgIpc) is 2.35. The van der Waals surface area contributed by atoms with Gasteiger partial charge in [-0.3, -0.25) is 10.2 Å². The Balaban J connectivity index is 2.00. The van der Waals surface area contributed by atoms with Crippen molar-refractivity contribution >= 4 is 5.91 Å². The van der Waals surface area contributed by atoms with Gasteiger partial charge in [0.25, 0.3) is 0 Å². The fourth-order valence-electron chi connectivity index (χ4n) is 2.64. The van der Waals surface area contributed by atoms with E-state index in [1.54, 1.807) is 0 Å². The van der Waals surface area contributed by atoms with Gasteiger partial charge in [-0.05, 0) is 45.2 Å². The summed E-state index contributed by atoms with van der Waals surface area (Å²) in [6, 6.07) is 0. The summed E-state index contributed by atoms with van der Waals surface area (Å²) >= 11 is 0. The highest BCUT2D eigenvalue weighted by Crippen LogP contribution is 2.24. The largest absolute Gasteiger partial charge is 0.306 e. The van der Waals surface area contributed by atoms with Gasteiger partial charge >= 0.3 is 0 Å². The molecule has 3 N–H and O–H groups in total. The molecule has 0 saturated heterocycles. The molecule has 0 spiro atoms. The molecule has 17 heavy (non-hydrogen) atoms. The Labute approximate surface area is 105 Å². The van der Waals surface area contributed by atoms with Crippen LogP contribution in [0, 0.1) is 5.92 Å². The van der Waals surface area contributed by atoms with Crippen molar-refractivity contribution in [2.45, 2.75) is 51.4 Å². The van der Waals surface area contributed by atoms with Crippen molar-refractivity contribution in [3.8, 4) is 0 Å². The third kappa shape index (κ3) is 6.64. The summed E-state index contributed by atoms with van der Waals surface area (Å²) in [5, 5.41) is 0. The number of unbranched alkanes of at least 4 members (excludes halogenated alkanes) is 1. The zero-order chi connectivity index (χ0) is 12.5. The maximum Gasteiger partial charge on any atom is 0.233 e. The van der Waals surface area contributed by atoms with Gasteiger partial charge in [0, 0.05) is 13.0 Å². The molecule has 0 aliphatic heterocycles. The normalized spacial score (nSPS) is 17.4. The Bertz CT molecular complexity index is 215. The Morgan fingerprint density at radius 2 is 2.00 bits per heavy atom. The third-order valence-corrected chi connectivity index (χ3v) is 3.65. The van der Waals surface area contributed by atoms with Crippen molar-refractivity contribution in [3.63, 3.8) is 0 Å². The summed E-state index contributed by atoms with van der Waals surface area (Å²) in [6.45, 7) is 2.32. The molecule has 0 heterocycles. The molecule has 0 atom stereocenters. The average molecular weight is 241 g/mol. The SMILES string of the molecule is CN(CCCCC(=O)NN)CC1CCCCC1. The van der Waals surface area contributed by atoms with Crippen molar-refractivity contribution in [2.24, 2.45) is 11.8 Å². The number of hydrogen-bond donors (Lipinski definition) is 2. The van der Waals surface area contributed by atoms with E-state index in [4.69, 9.17) is 5.84 Å². The van der Waals surface area contributed by atoms with Crippen LogP contribution in [-0.2, 0) is 4.79 Å². The standard InChI is InChI=1S/C13H27N3O/c1-16(10-6-5-9-13(17)15-14)11-12-7-3-2-4-8-12/h12H,2-11,14H2,1H3,(H,15,17). The predicted octanol–water partition coefficient (Wildman–Crippen LogP) is 1.66. The molecule has 1 amide bonds. The lowest BCUT2D eigenvalue weighted by Crippen LogP contribution is -2.30. The molecule has 1 saturated carbocycles. The second-order valence-electron chi connectivity index (χ2n) is 5.29. The summed E-state index contributed by atoms with van der Waals surface area (Å²) in [5.74, 6) is 5.88. The molecule has 1 aliphatic rings. The van der Waals surface area contributed by atoms with Crippen LogP contribution in [0.25, 0.3) is 0 Å².